The van der Waals surface area contributed by atoms with E-state index in [1.807, 2.05) is 26.8 Å². The van der Waals surface area contributed by atoms with Gasteiger partial charge in [0.25, 0.3) is 5.91 Å². The van der Waals surface area contributed by atoms with Crippen LogP contribution in [0.25, 0.3) is 0 Å². The lowest BCUT2D eigenvalue weighted by Gasteiger charge is -2.22. The van der Waals surface area contributed by atoms with Gasteiger partial charge in [0.1, 0.15) is 5.69 Å². The van der Waals surface area contributed by atoms with Crippen molar-refractivity contribution in [3.8, 4) is 5.88 Å². The molecule has 24 heavy (non-hydrogen) atoms. The second-order valence-electron chi connectivity index (χ2n) is 6.81. The number of ether oxygens (including phenoxy) is 1. The van der Waals surface area contributed by atoms with Crippen LogP contribution in [0.2, 0.25) is 0 Å². The van der Waals surface area contributed by atoms with Crippen LogP contribution in [0.15, 0.2) is 18.3 Å². The number of hydrogen-bond donors (Lipinski definition) is 2. The minimum Gasteiger partial charge on any atom is -0.481 e. The fraction of sp³-hybridized carbons (Fsp3) is 0.500. The molecular formula is C16H22N6O2. The van der Waals surface area contributed by atoms with Gasteiger partial charge in [0.05, 0.1) is 18.3 Å². The normalized spacial score (nSPS) is 14.3. The van der Waals surface area contributed by atoms with E-state index in [2.05, 4.69) is 25.9 Å². The van der Waals surface area contributed by atoms with E-state index >= 15 is 0 Å². The van der Waals surface area contributed by atoms with Gasteiger partial charge in [-0.15, -0.1) is 0 Å². The first-order valence-electron chi connectivity index (χ1n) is 7.92. The average molecular weight is 330 g/mol. The van der Waals surface area contributed by atoms with Crippen molar-refractivity contribution in [2.75, 3.05) is 12.5 Å². The fourth-order valence-electron chi connectivity index (χ4n) is 2.34. The molecule has 2 heterocycles. The first-order valence-corrected chi connectivity index (χ1v) is 7.92. The topological polar surface area (TPSA) is 94.0 Å². The lowest BCUT2D eigenvalue weighted by molar-refractivity contribution is 0.0944. The lowest BCUT2D eigenvalue weighted by Crippen LogP contribution is -2.35. The van der Waals surface area contributed by atoms with Crippen molar-refractivity contribution in [1.29, 1.82) is 0 Å². The van der Waals surface area contributed by atoms with Crippen LogP contribution in [0.3, 0.4) is 0 Å². The van der Waals surface area contributed by atoms with Gasteiger partial charge in [-0.05, 0) is 39.7 Å². The van der Waals surface area contributed by atoms with Crippen molar-refractivity contribution >= 4 is 11.9 Å². The van der Waals surface area contributed by atoms with Crippen molar-refractivity contribution in [2.24, 2.45) is 0 Å². The molecule has 1 saturated carbocycles. The van der Waals surface area contributed by atoms with Gasteiger partial charge < -0.3 is 4.74 Å². The molecule has 3 rings (SSSR count). The van der Waals surface area contributed by atoms with Crippen LogP contribution in [-0.2, 0) is 5.54 Å². The van der Waals surface area contributed by atoms with E-state index < -0.39 is 0 Å². The molecule has 0 bridgehead atoms. The summed E-state index contributed by atoms with van der Waals surface area (Å²) in [6, 6.07) is 3.50. The third kappa shape index (κ3) is 3.47. The molecule has 2 aromatic rings. The van der Waals surface area contributed by atoms with Crippen LogP contribution in [0.5, 0.6) is 5.88 Å². The summed E-state index contributed by atoms with van der Waals surface area (Å²) in [5.41, 5.74) is 6.54. The van der Waals surface area contributed by atoms with Crippen LogP contribution < -0.4 is 15.6 Å². The van der Waals surface area contributed by atoms with Crippen LogP contribution in [-0.4, -0.2) is 32.8 Å². The minimum absolute atomic E-state index is 0.256. The molecule has 0 atom stereocenters. The highest BCUT2D eigenvalue weighted by Crippen LogP contribution is 2.40. The van der Waals surface area contributed by atoms with Gasteiger partial charge in [-0.3, -0.25) is 20.3 Å². The summed E-state index contributed by atoms with van der Waals surface area (Å²) in [4.78, 5) is 20.7. The number of anilines is 1. The molecule has 0 spiro atoms. The number of aromatic nitrogens is 4. The zero-order valence-corrected chi connectivity index (χ0v) is 14.3. The molecule has 1 aliphatic rings. The maximum Gasteiger partial charge on any atom is 0.287 e. The Morgan fingerprint density at radius 3 is 2.75 bits per heavy atom. The minimum atomic E-state index is -0.285. The molecule has 0 aromatic carbocycles. The Morgan fingerprint density at radius 2 is 2.12 bits per heavy atom. The highest BCUT2D eigenvalue weighted by Gasteiger charge is 2.31. The number of amides is 1. The molecule has 8 heteroatoms. The molecule has 2 aromatic heterocycles. The van der Waals surface area contributed by atoms with E-state index in [0.717, 1.165) is 18.5 Å². The monoisotopic (exact) mass is 330 g/mol. The summed E-state index contributed by atoms with van der Waals surface area (Å²) in [5, 5.41) is 4.62. The van der Waals surface area contributed by atoms with E-state index in [4.69, 9.17) is 4.74 Å². The van der Waals surface area contributed by atoms with Crippen LogP contribution in [0.1, 0.15) is 55.7 Å². The summed E-state index contributed by atoms with van der Waals surface area (Å²) < 4.78 is 6.80. The Hall–Kier alpha value is -2.64. The van der Waals surface area contributed by atoms with Crippen molar-refractivity contribution in [2.45, 2.75) is 45.1 Å². The molecule has 8 nitrogen and oxygen atoms in total. The third-order valence-electron chi connectivity index (χ3n) is 3.72. The summed E-state index contributed by atoms with van der Waals surface area (Å²) in [5.74, 6) is 0.870. The zero-order chi connectivity index (χ0) is 17.3. The van der Waals surface area contributed by atoms with Gasteiger partial charge in [-0.25, -0.2) is 4.98 Å². The van der Waals surface area contributed by atoms with E-state index in [9.17, 15) is 4.79 Å². The Kier molecular flexibility index (Phi) is 4.13. The summed E-state index contributed by atoms with van der Waals surface area (Å²) in [6.45, 7) is 6.06. The van der Waals surface area contributed by atoms with Gasteiger partial charge in [0, 0.05) is 18.2 Å². The smallest absolute Gasteiger partial charge is 0.287 e. The van der Waals surface area contributed by atoms with Gasteiger partial charge in [0.2, 0.25) is 11.8 Å². The predicted molar refractivity (Wildman–Crippen MR) is 88.9 cm³/mol. The first-order chi connectivity index (χ1) is 11.4. The lowest BCUT2D eigenvalue weighted by atomic mass is 10.1. The van der Waals surface area contributed by atoms with Crippen LogP contribution in [0, 0.1) is 0 Å². The molecule has 1 fully saturated rings. The molecule has 0 aliphatic heterocycles. The molecule has 0 radical (unpaired) electrons. The fourth-order valence-corrected chi connectivity index (χ4v) is 2.34. The van der Waals surface area contributed by atoms with E-state index in [0.29, 0.717) is 17.5 Å². The maximum atomic E-state index is 12.6. The average Bonchev–Trinajstić information content (AvgIpc) is 3.30. The summed E-state index contributed by atoms with van der Waals surface area (Å²) >= 11 is 0. The zero-order valence-electron chi connectivity index (χ0n) is 14.3. The Bertz CT molecular complexity index is 745. The number of rotatable bonds is 5. The SMILES string of the molecule is COc1ccnc(NNC(=O)c2cc(C3CC3)nn2C(C)(C)C)n1. The number of hydrazine groups is 1. The Labute approximate surface area is 140 Å². The summed E-state index contributed by atoms with van der Waals surface area (Å²) in [7, 11) is 1.52. The van der Waals surface area contributed by atoms with Gasteiger partial charge in [-0.1, -0.05) is 0 Å². The third-order valence-corrected chi connectivity index (χ3v) is 3.72. The van der Waals surface area contributed by atoms with Gasteiger partial charge >= 0.3 is 0 Å². The van der Waals surface area contributed by atoms with Crippen LogP contribution in [0.4, 0.5) is 5.95 Å². The Morgan fingerprint density at radius 1 is 1.38 bits per heavy atom. The second kappa shape index (κ2) is 6.10. The largest absolute Gasteiger partial charge is 0.481 e. The van der Waals surface area contributed by atoms with E-state index in [-0.39, 0.29) is 17.4 Å². The highest BCUT2D eigenvalue weighted by atomic mass is 16.5. The molecule has 2 N–H and O–H groups in total. The Balaban J connectivity index is 1.76. The van der Waals surface area contributed by atoms with E-state index in [1.165, 1.54) is 7.11 Å². The molecule has 128 valence electrons. The number of nitrogens with zero attached hydrogens (tertiary/aromatic N) is 4. The number of carbonyl (C=O) groups excluding carboxylic acids is 1. The van der Waals surface area contributed by atoms with Gasteiger partial charge in [-0.2, -0.15) is 10.1 Å². The molecule has 0 saturated heterocycles. The van der Waals surface area contributed by atoms with Crippen molar-refractivity contribution in [3.05, 3.63) is 29.7 Å². The number of nitrogens with one attached hydrogen (secondary N) is 2. The van der Waals surface area contributed by atoms with Crippen molar-refractivity contribution in [3.63, 3.8) is 0 Å². The van der Waals surface area contributed by atoms with Gasteiger partial charge in [0.15, 0.2) is 0 Å². The maximum absolute atomic E-state index is 12.6. The molecule has 1 amide bonds. The summed E-state index contributed by atoms with van der Waals surface area (Å²) in [6.07, 6.45) is 3.82. The molecule has 1 aliphatic carbocycles. The predicted octanol–water partition coefficient (Wildman–Crippen LogP) is 2.07. The second-order valence-corrected chi connectivity index (χ2v) is 6.81. The number of methoxy groups -OCH3 is 1. The van der Waals surface area contributed by atoms with Crippen molar-refractivity contribution < 1.29 is 9.53 Å². The van der Waals surface area contributed by atoms with Crippen molar-refractivity contribution in [1.82, 2.24) is 25.2 Å². The number of carbonyl (C=O) groups is 1. The molecule has 0 unspecified atom stereocenters. The molecular weight excluding hydrogens is 308 g/mol. The quantitative estimate of drug-likeness (QED) is 0.815. The first kappa shape index (κ1) is 16.2. The highest BCUT2D eigenvalue weighted by molar-refractivity contribution is 5.93. The standard InChI is InChI=1S/C16H22N6O2/c1-16(2,3)22-12(9-11(21-22)10-5-6-10)14(23)19-20-15-17-8-7-13(18-15)24-4/h7-10H,5-6H2,1-4H3,(H,19,23)(H,17,18,20). The van der Waals surface area contributed by atoms with E-state index in [1.54, 1.807) is 16.9 Å². The number of hydrogen-bond acceptors (Lipinski definition) is 6. The van der Waals surface area contributed by atoms with Crippen LogP contribution >= 0.6 is 0 Å².